The zero-order valence-electron chi connectivity index (χ0n) is 12.5. The molecule has 1 aromatic carbocycles. The van der Waals surface area contributed by atoms with E-state index in [0.29, 0.717) is 6.04 Å². The molecule has 1 aromatic heterocycles. The van der Waals surface area contributed by atoms with Gasteiger partial charge in [0.05, 0.1) is 5.69 Å². The topological polar surface area (TPSA) is 63.0 Å². The molecule has 1 heterocycles. The average Bonchev–Trinajstić information content (AvgIpc) is 2.99. The van der Waals surface area contributed by atoms with Crippen LogP contribution in [0.1, 0.15) is 17.5 Å². The SMILES string of the molecule is CSCC(CCO)NCc1ccc(-n2cncn2)c(C)c1. The first kappa shape index (κ1) is 16.0. The molecule has 1 unspecified atom stereocenters. The predicted molar refractivity (Wildman–Crippen MR) is 86.8 cm³/mol. The Hall–Kier alpha value is -1.37. The standard InChI is InChI=1S/C15H22N4OS/c1-12-7-13(8-17-14(5-6-20)9-21-2)3-4-15(12)19-11-16-10-18-19/h3-4,7,10-11,14,17,20H,5-6,8-9H2,1-2H3. The molecule has 0 saturated carbocycles. The Morgan fingerprint density at radius 1 is 1.43 bits per heavy atom. The van der Waals surface area contributed by atoms with Crippen LogP contribution in [0.15, 0.2) is 30.9 Å². The van der Waals surface area contributed by atoms with Gasteiger partial charge in [0.2, 0.25) is 0 Å². The highest BCUT2D eigenvalue weighted by atomic mass is 32.2. The van der Waals surface area contributed by atoms with Crippen LogP contribution < -0.4 is 5.32 Å². The van der Waals surface area contributed by atoms with Gasteiger partial charge < -0.3 is 10.4 Å². The van der Waals surface area contributed by atoms with E-state index < -0.39 is 0 Å². The van der Waals surface area contributed by atoms with Crippen molar-refractivity contribution in [2.75, 3.05) is 18.6 Å². The van der Waals surface area contributed by atoms with Crippen LogP contribution in [0.2, 0.25) is 0 Å². The monoisotopic (exact) mass is 306 g/mol. The van der Waals surface area contributed by atoms with Gasteiger partial charge in [-0.25, -0.2) is 9.67 Å². The Labute approximate surface area is 129 Å². The summed E-state index contributed by atoms with van der Waals surface area (Å²) in [4.78, 5) is 3.98. The largest absolute Gasteiger partial charge is 0.396 e. The van der Waals surface area contributed by atoms with Gasteiger partial charge in [0.1, 0.15) is 12.7 Å². The molecule has 0 amide bonds. The Morgan fingerprint density at radius 2 is 2.29 bits per heavy atom. The molecule has 21 heavy (non-hydrogen) atoms. The number of thioether (sulfide) groups is 1. The molecule has 0 aliphatic heterocycles. The maximum atomic E-state index is 9.08. The minimum atomic E-state index is 0.225. The van der Waals surface area contributed by atoms with E-state index in [1.54, 1.807) is 22.8 Å². The van der Waals surface area contributed by atoms with Crippen molar-refractivity contribution in [2.24, 2.45) is 0 Å². The molecule has 0 fully saturated rings. The lowest BCUT2D eigenvalue weighted by Gasteiger charge is -2.17. The maximum Gasteiger partial charge on any atom is 0.138 e. The number of hydrogen-bond donors (Lipinski definition) is 2. The third-order valence-corrected chi connectivity index (χ3v) is 4.10. The molecular formula is C15H22N4OS. The summed E-state index contributed by atoms with van der Waals surface area (Å²) in [6.45, 7) is 3.11. The molecule has 0 bridgehead atoms. The summed E-state index contributed by atoms with van der Waals surface area (Å²) in [6.07, 6.45) is 6.12. The second-order valence-corrected chi connectivity index (χ2v) is 5.92. The number of benzene rings is 1. The highest BCUT2D eigenvalue weighted by molar-refractivity contribution is 7.98. The summed E-state index contributed by atoms with van der Waals surface area (Å²) in [5, 5.41) is 16.7. The number of aryl methyl sites for hydroxylation is 1. The summed E-state index contributed by atoms with van der Waals surface area (Å²) in [7, 11) is 0. The van der Waals surface area contributed by atoms with Crippen molar-refractivity contribution < 1.29 is 5.11 Å². The van der Waals surface area contributed by atoms with Crippen molar-refractivity contribution in [1.82, 2.24) is 20.1 Å². The first-order chi connectivity index (χ1) is 10.2. The Morgan fingerprint density at radius 3 is 2.90 bits per heavy atom. The molecular weight excluding hydrogens is 284 g/mol. The number of hydrogen-bond acceptors (Lipinski definition) is 5. The third-order valence-electron chi connectivity index (χ3n) is 3.37. The van der Waals surface area contributed by atoms with Crippen molar-refractivity contribution in [3.05, 3.63) is 42.0 Å². The number of aliphatic hydroxyl groups is 1. The number of aliphatic hydroxyl groups excluding tert-OH is 1. The van der Waals surface area contributed by atoms with E-state index in [2.05, 4.69) is 46.8 Å². The van der Waals surface area contributed by atoms with Gasteiger partial charge >= 0.3 is 0 Å². The Balaban J connectivity index is 2.00. The first-order valence-electron chi connectivity index (χ1n) is 7.02. The van der Waals surface area contributed by atoms with Gasteiger partial charge in [0.25, 0.3) is 0 Å². The van der Waals surface area contributed by atoms with E-state index >= 15 is 0 Å². The number of aromatic nitrogens is 3. The van der Waals surface area contributed by atoms with E-state index in [-0.39, 0.29) is 6.61 Å². The lowest BCUT2D eigenvalue weighted by molar-refractivity contribution is 0.270. The van der Waals surface area contributed by atoms with Crippen LogP contribution in [-0.4, -0.2) is 44.5 Å². The molecule has 2 rings (SSSR count). The van der Waals surface area contributed by atoms with Crippen molar-refractivity contribution in [2.45, 2.75) is 25.9 Å². The van der Waals surface area contributed by atoms with Crippen LogP contribution in [0.5, 0.6) is 0 Å². The Kier molecular flexibility index (Phi) is 6.22. The van der Waals surface area contributed by atoms with E-state index in [1.165, 1.54) is 17.5 Å². The molecule has 0 spiro atoms. The normalized spacial score (nSPS) is 12.5. The lowest BCUT2D eigenvalue weighted by Crippen LogP contribution is -2.31. The quantitative estimate of drug-likeness (QED) is 0.778. The number of nitrogens with one attached hydrogen (secondary N) is 1. The summed E-state index contributed by atoms with van der Waals surface area (Å²) in [5.74, 6) is 1.01. The van der Waals surface area contributed by atoms with E-state index in [9.17, 15) is 0 Å². The zero-order chi connectivity index (χ0) is 15.1. The van der Waals surface area contributed by atoms with Gasteiger partial charge in [-0.2, -0.15) is 16.9 Å². The average molecular weight is 306 g/mol. The van der Waals surface area contributed by atoms with Gasteiger partial charge in [0, 0.05) is 24.9 Å². The van der Waals surface area contributed by atoms with Crippen molar-refractivity contribution >= 4 is 11.8 Å². The smallest absolute Gasteiger partial charge is 0.138 e. The highest BCUT2D eigenvalue weighted by Gasteiger charge is 2.08. The van der Waals surface area contributed by atoms with Gasteiger partial charge in [-0.05, 0) is 36.8 Å². The van der Waals surface area contributed by atoms with Crippen molar-refractivity contribution in [1.29, 1.82) is 0 Å². The third kappa shape index (κ3) is 4.56. The lowest BCUT2D eigenvalue weighted by atomic mass is 10.1. The molecule has 0 saturated heterocycles. The van der Waals surface area contributed by atoms with Gasteiger partial charge in [-0.15, -0.1) is 0 Å². The fourth-order valence-electron chi connectivity index (χ4n) is 2.28. The number of nitrogens with zero attached hydrogens (tertiary/aromatic N) is 3. The van der Waals surface area contributed by atoms with Crippen LogP contribution >= 0.6 is 11.8 Å². The van der Waals surface area contributed by atoms with Crippen LogP contribution in [0.4, 0.5) is 0 Å². The van der Waals surface area contributed by atoms with Crippen LogP contribution in [-0.2, 0) is 6.54 Å². The van der Waals surface area contributed by atoms with Crippen LogP contribution in [0.25, 0.3) is 5.69 Å². The fourth-order valence-corrected chi connectivity index (χ4v) is 2.97. The molecule has 114 valence electrons. The fraction of sp³-hybridized carbons (Fsp3) is 0.467. The molecule has 6 heteroatoms. The minimum absolute atomic E-state index is 0.225. The zero-order valence-corrected chi connectivity index (χ0v) is 13.3. The van der Waals surface area contributed by atoms with E-state index in [4.69, 9.17) is 5.11 Å². The Bertz CT molecular complexity index is 539. The minimum Gasteiger partial charge on any atom is -0.396 e. The number of rotatable bonds is 8. The highest BCUT2D eigenvalue weighted by Crippen LogP contribution is 2.15. The van der Waals surface area contributed by atoms with Gasteiger partial charge in [-0.3, -0.25) is 0 Å². The molecule has 0 aliphatic carbocycles. The molecule has 2 N–H and O–H groups in total. The summed E-state index contributed by atoms with van der Waals surface area (Å²) in [5.41, 5.74) is 3.45. The van der Waals surface area contributed by atoms with E-state index in [1.807, 2.05) is 0 Å². The second kappa shape index (κ2) is 8.17. The maximum absolute atomic E-state index is 9.08. The van der Waals surface area contributed by atoms with Crippen LogP contribution in [0.3, 0.4) is 0 Å². The molecule has 2 aromatic rings. The van der Waals surface area contributed by atoms with Gasteiger partial charge in [-0.1, -0.05) is 12.1 Å². The van der Waals surface area contributed by atoms with E-state index in [0.717, 1.165) is 24.4 Å². The van der Waals surface area contributed by atoms with Crippen molar-refractivity contribution in [3.63, 3.8) is 0 Å². The predicted octanol–water partition coefficient (Wildman–Crippen LogP) is 1.78. The molecule has 5 nitrogen and oxygen atoms in total. The molecule has 1 atom stereocenters. The molecule has 0 aliphatic rings. The second-order valence-electron chi connectivity index (χ2n) is 5.01. The van der Waals surface area contributed by atoms with Crippen molar-refractivity contribution in [3.8, 4) is 5.69 Å². The summed E-state index contributed by atoms with van der Waals surface area (Å²) in [6, 6.07) is 6.68. The van der Waals surface area contributed by atoms with Crippen LogP contribution in [0, 0.1) is 6.92 Å². The van der Waals surface area contributed by atoms with Gasteiger partial charge in [0.15, 0.2) is 0 Å². The summed E-state index contributed by atoms with van der Waals surface area (Å²) >= 11 is 1.80. The summed E-state index contributed by atoms with van der Waals surface area (Å²) < 4.78 is 1.77. The first-order valence-corrected chi connectivity index (χ1v) is 8.41. The molecule has 0 radical (unpaired) electrons.